The number of amides is 4. The summed E-state index contributed by atoms with van der Waals surface area (Å²) < 4.78 is 0. The molecule has 1 aliphatic heterocycles. The Bertz CT molecular complexity index is 402. The standard InChI is InChI=1S/C14H23N3O3/c1-2-3-9-15-11(18)10-17-12(19)14(16-13(17)20)7-5-4-6-8-14/h2-10H2,1H3,(H,15,18)(H,16,20). The zero-order valence-electron chi connectivity index (χ0n) is 12.0. The van der Waals surface area contributed by atoms with E-state index in [1.165, 1.54) is 0 Å². The molecule has 112 valence electrons. The Hall–Kier alpha value is -1.59. The maximum atomic E-state index is 12.4. The molecule has 0 aromatic heterocycles. The molecule has 0 bridgehead atoms. The predicted molar refractivity (Wildman–Crippen MR) is 74.0 cm³/mol. The molecule has 0 unspecified atom stereocenters. The summed E-state index contributed by atoms with van der Waals surface area (Å²) in [4.78, 5) is 37.2. The number of imide groups is 1. The highest BCUT2D eigenvalue weighted by Gasteiger charge is 2.51. The molecular formula is C14H23N3O3. The number of unbranched alkanes of at least 4 members (excludes halogenated alkanes) is 1. The molecule has 2 rings (SSSR count). The first-order valence-electron chi connectivity index (χ1n) is 7.50. The summed E-state index contributed by atoms with van der Waals surface area (Å²) in [5.74, 6) is -0.498. The Kier molecular flexibility index (Phi) is 4.62. The lowest BCUT2D eigenvalue weighted by atomic mass is 9.82. The van der Waals surface area contributed by atoms with Crippen LogP contribution in [-0.2, 0) is 9.59 Å². The molecule has 4 amide bonds. The first kappa shape index (κ1) is 14.8. The Morgan fingerprint density at radius 1 is 1.30 bits per heavy atom. The second kappa shape index (κ2) is 6.24. The lowest BCUT2D eigenvalue weighted by Crippen LogP contribution is -2.49. The normalized spacial score (nSPS) is 21.1. The summed E-state index contributed by atoms with van der Waals surface area (Å²) in [6.45, 7) is 2.46. The molecule has 1 heterocycles. The van der Waals surface area contributed by atoms with E-state index in [-0.39, 0.29) is 18.4 Å². The second-order valence-corrected chi connectivity index (χ2v) is 5.67. The van der Waals surface area contributed by atoms with E-state index in [0.29, 0.717) is 19.4 Å². The van der Waals surface area contributed by atoms with Gasteiger partial charge in [0.1, 0.15) is 12.1 Å². The average Bonchev–Trinajstić information content (AvgIpc) is 2.65. The minimum Gasteiger partial charge on any atom is -0.355 e. The van der Waals surface area contributed by atoms with Crippen LogP contribution in [0.4, 0.5) is 4.79 Å². The van der Waals surface area contributed by atoms with Gasteiger partial charge >= 0.3 is 6.03 Å². The average molecular weight is 281 g/mol. The van der Waals surface area contributed by atoms with Crippen LogP contribution in [-0.4, -0.2) is 41.4 Å². The highest BCUT2D eigenvalue weighted by atomic mass is 16.2. The third-order valence-electron chi connectivity index (χ3n) is 4.11. The molecule has 0 aromatic rings. The van der Waals surface area contributed by atoms with Gasteiger partial charge in [0.05, 0.1) is 0 Å². The smallest absolute Gasteiger partial charge is 0.325 e. The van der Waals surface area contributed by atoms with Crippen molar-refractivity contribution >= 4 is 17.8 Å². The molecule has 0 aromatic carbocycles. The van der Waals surface area contributed by atoms with E-state index in [2.05, 4.69) is 10.6 Å². The fourth-order valence-corrected chi connectivity index (χ4v) is 2.92. The fourth-order valence-electron chi connectivity index (χ4n) is 2.92. The minimum atomic E-state index is -0.737. The Labute approximate surface area is 119 Å². The van der Waals surface area contributed by atoms with Crippen molar-refractivity contribution < 1.29 is 14.4 Å². The number of hydrogen-bond donors (Lipinski definition) is 2. The monoisotopic (exact) mass is 281 g/mol. The lowest BCUT2D eigenvalue weighted by Gasteiger charge is -2.30. The molecule has 2 fully saturated rings. The van der Waals surface area contributed by atoms with E-state index < -0.39 is 11.6 Å². The van der Waals surface area contributed by atoms with E-state index in [0.717, 1.165) is 37.0 Å². The Balaban J connectivity index is 1.93. The fraction of sp³-hybridized carbons (Fsp3) is 0.786. The van der Waals surface area contributed by atoms with Gasteiger partial charge in [-0.15, -0.1) is 0 Å². The number of carbonyl (C=O) groups is 3. The van der Waals surface area contributed by atoms with E-state index in [1.807, 2.05) is 6.92 Å². The molecule has 2 aliphatic rings. The molecule has 0 radical (unpaired) electrons. The molecule has 6 heteroatoms. The van der Waals surface area contributed by atoms with E-state index in [4.69, 9.17) is 0 Å². The second-order valence-electron chi connectivity index (χ2n) is 5.67. The van der Waals surface area contributed by atoms with Crippen LogP contribution in [0.25, 0.3) is 0 Å². The quantitative estimate of drug-likeness (QED) is 0.586. The van der Waals surface area contributed by atoms with Crippen molar-refractivity contribution in [2.75, 3.05) is 13.1 Å². The van der Waals surface area contributed by atoms with Crippen molar-refractivity contribution in [3.63, 3.8) is 0 Å². The summed E-state index contributed by atoms with van der Waals surface area (Å²) in [5.41, 5.74) is -0.737. The van der Waals surface area contributed by atoms with Gasteiger partial charge in [-0.2, -0.15) is 0 Å². The minimum absolute atomic E-state index is 0.171. The molecule has 6 nitrogen and oxygen atoms in total. The van der Waals surface area contributed by atoms with Crippen LogP contribution in [0.15, 0.2) is 0 Å². The van der Waals surface area contributed by atoms with Gasteiger partial charge in [0.2, 0.25) is 5.91 Å². The number of rotatable bonds is 5. The molecule has 2 N–H and O–H groups in total. The van der Waals surface area contributed by atoms with Crippen molar-refractivity contribution in [1.82, 2.24) is 15.5 Å². The van der Waals surface area contributed by atoms with Crippen molar-refractivity contribution in [2.24, 2.45) is 0 Å². The molecule has 1 saturated heterocycles. The van der Waals surface area contributed by atoms with Gasteiger partial charge in [-0.1, -0.05) is 32.6 Å². The molecule has 20 heavy (non-hydrogen) atoms. The van der Waals surface area contributed by atoms with Gasteiger partial charge in [-0.05, 0) is 19.3 Å². The largest absolute Gasteiger partial charge is 0.355 e. The first-order chi connectivity index (χ1) is 9.59. The third-order valence-corrected chi connectivity index (χ3v) is 4.11. The molecule has 1 saturated carbocycles. The molecule has 0 atom stereocenters. The van der Waals surface area contributed by atoms with Gasteiger partial charge in [-0.25, -0.2) is 4.79 Å². The number of urea groups is 1. The van der Waals surface area contributed by atoms with Crippen LogP contribution in [0, 0.1) is 0 Å². The zero-order chi connectivity index (χ0) is 14.6. The lowest BCUT2D eigenvalue weighted by molar-refractivity contribution is -0.135. The van der Waals surface area contributed by atoms with Gasteiger partial charge in [-0.3, -0.25) is 14.5 Å². The number of hydrogen-bond acceptors (Lipinski definition) is 3. The van der Waals surface area contributed by atoms with Gasteiger partial charge in [0, 0.05) is 6.54 Å². The Morgan fingerprint density at radius 2 is 2.00 bits per heavy atom. The number of carbonyl (C=O) groups excluding carboxylic acids is 3. The van der Waals surface area contributed by atoms with Crippen molar-refractivity contribution in [2.45, 2.75) is 57.4 Å². The van der Waals surface area contributed by atoms with Gasteiger partial charge in [0.25, 0.3) is 5.91 Å². The van der Waals surface area contributed by atoms with Crippen LogP contribution >= 0.6 is 0 Å². The topological polar surface area (TPSA) is 78.5 Å². The maximum absolute atomic E-state index is 12.4. The summed E-state index contributed by atoms with van der Waals surface area (Å²) >= 11 is 0. The van der Waals surface area contributed by atoms with Gasteiger partial charge < -0.3 is 10.6 Å². The van der Waals surface area contributed by atoms with Gasteiger partial charge in [0.15, 0.2) is 0 Å². The van der Waals surface area contributed by atoms with Crippen molar-refractivity contribution in [1.29, 1.82) is 0 Å². The summed E-state index contributed by atoms with van der Waals surface area (Å²) in [7, 11) is 0. The summed E-state index contributed by atoms with van der Waals surface area (Å²) in [6.07, 6.45) is 6.26. The maximum Gasteiger partial charge on any atom is 0.325 e. The van der Waals surface area contributed by atoms with E-state index >= 15 is 0 Å². The highest BCUT2D eigenvalue weighted by molar-refractivity contribution is 6.09. The predicted octanol–water partition coefficient (Wildman–Crippen LogP) is 1.16. The van der Waals surface area contributed by atoms with E-state index in [1.54, 1.807) is 0 Å². The van der Waals surface area contributed by atoms with Crippen LogP contribution < -0.4 is 10.6 Å². The van der Waals surface area contributed by atoms with Crippen LogP contribution in [0.1, 0.15) is 51.9 Å². The SMILES string of the molecule is CCCCNC(=O)CN1C(=O)NC2(CCCCC2)C1=O. The number of nitrogens with one attached hydrogen (secondary N) is 2. The third kappa shape index (κ3) is 2.94. The van der Waals surface area contributed by atoms with Crippen LogP contribution in [0.5, 0.6) is 0 Å². The van der Waals surface area contributed by atoms with Crippen molar-refractivity contribution in [3.8, 4) is 0 Å². The number of nitrogens with zero attached hydrogens (tertiary/aromatic N) is 1. The summed E-state index contributed by atoms with van der Waals surface area (Å²) in [6, 6.07) is -0.428. The van der Waals surface area contributed by atoms with Crippen LogP contribution in [0.3, 0.4) is 0 Å². The van der Waals surface area contributed by atoms with Crippen LogP contribution in [0.2, 0.25) is 0 Å². The molecular weight excluding hydrogens is 258 g/mol. The molecule has 1 spiro atoms. The molecule has 1 aliphatic carbocycles. The zero-order valence-corrected chi connectivity index (χ0v) is 12.0. The highest BCUT2D eigenvalue weighted by Crippen LogP contribution is 2.33. The Morgan fingerprint density at radius 3 is 2.65 bits per heavy atom. The first-order valence-corrected chi connectivity index (χ1v) is 7.50. The van der Waals surface area contributed by atoms with Crippen molar-refractivity contribution in [3.05, 3.63) is 0 Å². The summed E-state index contributed by atoms with van der Waals surface area (Å²) in [5, 5.41) is 5.53. The van der Waals surface area contributed by atoms with E-state index in [9.17, 15) is 14.4 Å².